The zero-order chi connectivity index (χ0) is 24.2. The van der Waals surface area contributed by atoms with E-state index in [1.54, 1.807) is 47.4 Å². The average molecular weight is 485 g/mol. The number of methoxy groups -OCH3 is 3. The Morgan fingerprint density at radius 2 is 1.71 bits per heavy atom. The van der Waals surface area contributed by atoms with E-state index in [4.69, 9.17) is 18.6 Å². The van der Waals surface area contributed by atoms with Crippen molar-refractivity contribution in [3.05, 3.63) is 58.5 Å². The van der Waals surface area contributed by atoms with E-state index >= 15 is 0 Å². The fraction of sp³-hybridized carbons (Fsp3) is 0.280. The third-order valence-electron chi connectivity index (χ3n) is 5.67. The van der Waals surface area contributed by atoms with Gasteiger partial charge >= 0.3 is 5.63 Å². The average Bonchev–Trinajstić information content (AvgIpc) is 2.86. The van der Waals surface area contributed by atoms with E-state index in [0.717, 1.165) is 5.56 Å². The quantitative estimate of drug-likeness (QED) is 0.326. The summed E-state index contributed by atoms with van der Waals surface area (Å²) in [7, 11) is 4.11. The number of hydrogen-bond acceptors (Lipinski definition) is 7. The highest BCUT2D eigenvalue weighted by atomic mass is 32.2. The lowest BCUT2D eigenvalue weighted by atomic mass is 10.1. The minimum Gasteiger partial charge on any atom is -0.503 e. The molecule has 0 atom stereocenters. The Bertz CT molecular complexity index is 1270. The molecule has 2 aromatic carbocycles. The Hall–Kier alpha value is -3.59. The number of carbonyl (C=O) groups is 1. The summed E-state index contributed by atoms with van der Waals surface area (Å²) < 4.78 is 21.4. The van der Waals surface area contributed by atoms with Crippen LogP contribution in [0.15, 0.2) is 56.6 Å². The van der Waals surface area contributed by atoms with Gasteiger partial charge in [0, 0.05) is 17.0 Å². The second-order valence-electron chi connectivity index (χ2n) is 7.58. The van der Waals surface area contributed by atoms with E-state index in [1.165, 1.54) is 27.4 Å². The van der Waals surface area contributed by atoms with Crippen molar-refractivity contribution in [3.63, 3.8) is 0 Å². The molecule has 1 aliphatic heterocycles. The summed E-state index contributed by atoms with van der Waals surface area (Å²) in [5.41, 5.74) is 0.586. The second-order valence-corrected chi connectivity index (χ2v) is 9.79. The van der Waals surface area contributed by atoms with Crippen molar-refractivity contribution in [3.8, 4) is 23.0 Å². The highest BCUT2D eigenvalue weighted by molar-refractivity contribution is 7.97. The van der Waals surface area contributed by atoms with Crippen molar-refractivity contribution in [2.24, 2.45) is 0 Å². The van der Waals surface area contributed by atoms with Gasteiger partial charge in [-0.05, 0) is 35.9 Å². The van der Waals surface area contributed by atoms with Crippen LogP contribution in [0, 0.1) is 0 Å². The summed E-state index contributed by atoms with van der Waals surface area (Å²) in [4.78, 5) is 27.4. The maximum Gasteiger partial charge on any atom is 0.396 e. The molecule has 1 amide bonds. The molecule has 0 bridgehead atoms. The molecule has 0 radical (unpaired) electrons. The Morgan fingerprint density at radius 3 is 2.32 bits per heavy atom. The first-order valence-corrected chi connectivity index (χ1v) is 12.2. The summed E-state index contributed by atoms with van der Waals surface area (Å²) >= 11 is 0. The molecule has 1 aromatic heterocycles. The number of fused-ring (bicyclic) bond motifs is 1. The zero-order valence-electron chi connectivity index (χ0n) is 19.2. The van der Waals surface area contributed by atoms with Crippen LogP contribution in [-0.2, 0) is 15.7 Å². The molecule has 8 nitrogen and oxygen atoms in total. The van der Waals surface area contributed by atoms with Gasteiger partial charge in [-0.25, -0.2) is 4.79 Å². The summed E-state index contributed by atoms with van der Waals surface area (Å²) in [6.45, 7) is 0.959. The largest absolute Gasteiger partial charge is 0.503 e. The molecule has 1 saturated heterocycles. The highest BCUT2D eigenvalue weighted by Crippen LogP contribution is 2.38. The number of hydrogen-bond donors (Lipinski definition) is 1. The number of ether oxygens (including phenoxy) is 3. The number of benzene rings is 2. The van der Waals surface area contributed by atoms with Gasteiger partial charge < -0.3 is 28.6 Å². The number of rotatable bonds is 6. The fourth-order valence-corrected chi connectivity index (χ4v) is 6.08. The molecular weight excluding hydrogens is 458 g/mol. The van der Waals surface area contributed by atoms with Crippen molar-refractivity contribution in [2.75, 3.05) is 45.9 Å². The number of nitrogens with zero attached hydrogens (tertiary/aromatic N) is 1. The lowest BCUT2D eigenvalue weighted by Crippen LogP contribution is -2.44. The Balaban J connectivity index is 1.46. The van der Waals surface area contributed by atoms with Crippen LogP contribution >= 0.6 is 0 Å². The van der Waals surface area contributed by atoms with Crippen LogP contribution in [0.2, 0.25) is 0 Å². The van der Waals surface area contributed by atoms with Gasteiger partial charge in [0.1, 0.15) is 17.1 Å². The van der Waals surface area contributed by atoms with Crippen molar-refractivity contribution < 1.29 is 28.5 Å². The first-order chi connectivity index (χ1) is 16.5. The Morgan fingerprint density at radius 1 is 1.06 bits per heavy atom. The third kappa shape index (κ3) is 4.56. The van der Waals surface area contributed by atoms with Gasteiger partial charge in [-0.2, -0.15) is 0 Å². The molecule has 0 saturated carbocycles. The van der Waals surface area contributed by atoms with E-state index in [-0.39, 0.29) is 11.7 Å². The van der Waals surface area contributed by atoms with Gasteiger partial charge in [0.2, 0.25) is 11.7 Å². The van der Waals surface area contributed by atoms with Crippen molar-refractivity contribution >= 4 is 33.8 Å². The molecule has 0 spiro atoms. The maximum atomic E-state index is 12.8. The molecule has 1 aliphatic rings. The SMILES string of the molecule is COc1cc(/C=C/C(=O)N2CC[S+](c3c(O)c4ccccc4oc3=O)CC2)cc(OC)c1OC. The van der Waals surface area contributed by atoms with Gasteiger partial charge in [0.15, 0.2) is 17.2 Å². The van der Waals surface area contributed by atoms with Crippen LogP contribution in [0.1, 0.15) is 5.56 Å². The van der Waals surface area contributed by atoms with E-state index < -0.39 is 16.5 Å². The number of aromatic hydroxyl groups is 1. The summed E-state index contributed by atoms with van der Waals surface area (Å²) in [5, 5.41) is 11.2. The Kier molecular flexibility index (Phi) is 7.02. The maximum absolute atomic E-state index is 12.8. The molecule has 3 aromatic rings. The van der Waals surface area contributed by atoms with Crippen LogP contribution in [0.3, 0.4) is 0 Å². The third-order valence-corrected chi connectivity index (χ3v) is 7.95. The van der Waals surface area contributed by atoms with E-state index in [2.05, 4.69) is 0 Å². The highest BCUT2D eigenvalue weighted by Gasteiger charge is 2.36. The van der Waals surface area contributed by atoms with Crippen molar-refractivity contribution in [1.29, 1.82) is 0 Å². The molecule has 178 valence electrons. The van der Waals surface area contributed by atoms with Crippen molar-refractivity contribution in [2.45, 2.75) is 4.90 Å². The van der Waals surface area contributed by atoms with Crippen LogP contribution in [0.4, 0.5) is 0 Å². The smallest absolute Gasteiger partial charge is 0.396 e. The number of amides is 1. The molecule has 4 rings (SSSR count). The monoisotopic (exact) mass is 484 g/mol. The lowest BCUT2D eigenvalue weighted by Gasteiger charge is -2.25. The lowest BCUT2D eigenvalue weighted by molar-refractivity contribution is -0.125. The molecule has 0 unspecified atom stereocenters. The van der Waals surface area contributed by atoms with E-state index in [0.29, 0.717) is 57.7 Å². The number of para-hydroxylation sites is 1. The topological polar surface area (TPSA) is 98.4 Å². The van der Waals surface area contributed by atoms with Crippen LogP contribution in [-0.4, -0.2) is 61.8 Å². The molecule has 1 N–H and O–H groups in total. The standard InChI is InChI=1S/C25H25NO7S/c1-30-19-14-16(15-20(31-2)23(19)32-3)8-9-21(27)26-10-12-34(13-11-26)24-22(28)17-6-4-5-7-18(17)33-25(24)29/h4-9,14-15H,10-13H2,1-3H3/p+1/b9-8+. The minimum atomic E-state index is -0.512. The summed E-state index contributed by atoms with van der Waals surface area (Å²) in [6, 6.07) is 10.5. The Labute approximate surface area is 199 Å². The predicted octanol–water partition coefficient (Wildman–Crippen LogP) is 3.06. The first-order valence-electron chi connectivity index (χ1n) is 10.7. The molecule has 0 aliphatic carbocycles. The van der Waals surface area contributed by atoms with Gasteiger partial charge in [-0.15, -0.1) is 0 Å². The molecule has 1 fully saturated rings. The predicted molar refractivity (Wildman–Crippen MR) is 131 cm³/mol. The van der Waals surface area contributed by atoms with Crippen LogP contribution < -0.4 is 19.8 Å². The second kappa shape index (κ2) is 10.1. The fourth-order valence-electron chi connectivity index (χ4n) is 3.92. The van der Waals surface area contributed by atoms with Gasteiger partial charge in [0.25, 0.3) is 4.90 Å². The molecule has 2 heterocycles. The minimum absolute atomic E-state index is 0.0164. The van der Waals surface area contributed by atoms with Gasteiger partial charge in [-0.1, -0.05) is 12.1 Å². The number of carbonyl (C=O) groups excluding carboxylic acids is 1. The van der Waals surface area contributed by atoms with Crippen molar-refractivity contribution in [1.82, 2.24) is 4.90 Å². The van der Waals surface area contributed by atoms with E-state index in [9.17, 15) is 14.7 Å². The molecular formula is C25H26NO7S+. The van der Waals surface area contributed by atoms with Crippen LogP contribution in [0.5, 0.6) is 23.0 Å². The summed E-state index contributed by atoms with van der Waals surface area (Å²) in [6.07, 6.45) is 3.21. The van der Waals surface area contributed by atoms with Gasteiger partial charge in [-0.3, -0.25) is 4.79 Å². The molecule has 34 heavy (non-hydrogen) atoms. The first kappa shape index (κ1) is 23.6. The normalized spacial score (nSPS) is 14.5. The van der Waals surface area contributed by atoms with Gasteiger partial charge in [0.05, 0.1) is 39.8 Å². The zero-order valence-corrected chi connectivity index (χ0v) is 20.0. The van der Waals surface area contributed by atoms with Crippen LogP contribution in [0.25, 0.3) is 17.0 Å². The summed E-state index contributed by atoms with van der Waals surface area (Å²) in [5.74, 6) is 2.51. The molecule has 9 heteroatoms. The van der Waals surface area contributed by atoms with E-state index in [1.807, 2.05) is 0 Å².